The molecule has 7 heteroatoms. The van der Waals surface area contributed by atoms with Crippen LogP contribution in [0.15, 0.2) is 72.8 Å². The van der Waals surface area contributed by atoms with Crippen LogP contribution in [0.3, 0.4) is 0 Å². The fourth-order valence-electron chi connectivity index (χ4n) is 2.95. The molecule has 0 spiro atoms. The molecular weight excluding hydrogens is 398 g/mol. The number of hydrogen-bond acceptors (Lipinski definition) is 6. The van der Waals surface area contributed by atoms with Gasteiger partial charge in [-0.2, -0.15) is 0 Å². The van der Waals surface area contributed by atoms with Crippen molar-refractivity contribution >= 4 is 17.5 Å². The lowest BCUT2D eigenvalue weighted by atomic mass is 10.1. The van der Waals surface area contributed by atoms with E-state index in [1.165, 1.54) is 25.3 Å². The Morgan fingerprint density at radius 2 is 1.68 bits per heavy atom. The fraction of sp³-hybridized carbons (Fsp3) is 0.125. The van der Waals surface area contributed by atoms with E-state index in [1.54, 1.807) is 55.7 Å². The average Bonchev–Trinajstić information content (AvgIpc) is 2.81. The Hall–Kier alpha value is -4.13. The van der Waals surface area contributed by atoms with Crippen LogP contribution in [0.5, 0.6) is 17.2 Å². The highest BCUT2D eigenvalue weighted by Gasteiger charge is 2.10. The van der Waals surface area contributed by atoms with E-state index in [9.17, 15) is 14.9 Å². The van der Waals surface area contributed by atoms with Crippen molar-refractivity contribution in [3.63, 3.8) is 0 Å². The van der Waals surface area contributed by atoms with Crippen molar-refractivity contribution in [1.29, 1.82) is 0 Å². The molecule has 0 aliphatic carbocycles. The number of nitro benzene ring substituents is 1. The van der Waals surface area contributed by atoms with Crippen molar-refractivity contribution in [1.82, 2.24) is 0 Å². The number of carbonyl (C=O) groups is 1. The summed E-state index contributed by atoms with van der Waals surface area (Å²) >= 11 is 0. The summed E-state index contributed by atoms with van der Waals surface area (Å²) in [5.74, 6) is 1.48. The average molecular weight is 419 g/mol. The zero-order valence-electron chi connectivity index (χ0n) is 17.1. The smallest absolute Gasteiger partial charge is 0.269 e. The Bertz CT molecular complexity index is 1110. The second-order valence-corrected chi connectivity index (χ2v) is 6.51. The predicted molar refractivity (Wildman–Crippen MR) is 117 cm³/mol. The third-order valence-electron chi connectivity index (χ3n) is 4.55. The van der Waals surface area contributed by atoms with Gasteiger partial charge in [0, 0.05) is 17.7 Å². The van der Waals surface area contributed by atoms with E-state index >= 15 is 0 Å². The molecule has 0 atom stereocenters. The normalized spacial score (nSPS) is 10.6. The van der Waals surface area contributed by atoms with Crippen LogP contribution >= 0.6 is 0 Å². The third kappa shape index (κ3) is 5.48. The number of rotatable bonds is 9. The maximum atomic E-state index is 12.5. The number of para-hydroxylation sites is 1. The van der Waals surface area contributed by atoms with Crippen molar-refractivity contribution in [2.45, 2.75) is 6.61 Å². The number of allylic oxidation sites excluding steroid dienone is 1. The molecule has 0 N–H and O–H groups in total. The fourth-order valence-corrected chi connectivity index (χ4v) is 2.95. The van der Waals surface area contributed by atoms with E-state index in [0.29, 0.717) is 22.8 Å². The third-order valence-corrected chi connectivity index (χ3v) is 4.55. The molecule has 0 saturated heterocycles. The molecule has 0 heterocycles. The van der Waals surface area contributed by atoms with Gasteiger partial charge in [0.05, 0.1) is 24.7 Å². The standard InChI is InChI=1S/C24H21NO6/c1-29-23-14-8-17(7-13-22(26)21-5-3-4-6-24(21)30-2)15-18(23)16-31-20-11-9-19(10-12-20)25(27)28/h3-15H,16H2,1-2H3/b13-7+. The number of methoxy groups -OCH3 is 2. The zero-order chi connectivity index (χ0) is 22.2. The largest absolute Gasteiger partial charge is 0.496 e. The van der Waals surface area contributed by atoms with E-state index in [-0.39, 0.29) is 18.1 Å². The molecular formula is C24H21NO6. The lowest BCUT2D eigenvalue weighted by molar-refractivity contribution is -0.384. The molecule has 3 aromatic rings. The Kier molecular flexibility index (Phi) is 7.01. The second-order valence-electron chi connectivity index (χ2n) is 6.51. The summed E-state index contributed by atoms with van der Waals surface area (Å²) < 4.78 is 16.4. The maximum Gasteiger partial charge on any atom is 0.269 e. The van der Waals surface area contributed by atoms with Crippen LogP contribution in [0.1, 0.15) is 21.5 Å². The van der Waals surface area contributed by atoms with Crippen molar-refractivity contribution in [3.8, 4) is 17.2 Å². The Balaban J connectivity index is 1.74. The first kappa shape index (κ1) is 21.6. The van der Waals surface area contributed by atoms with Crippen LogP contribution in [0.4, 0.5) is 5.69 Å². The molecule has 0 aliphatic heterocycles. The lowest BCUT2D eigenvalue weighted by Gasteiger charge is -2.11. The minimum Gasteiger partial charge on any atom is -0.496 e. The summed E-state index contributed by atoms with van der Waals surface area (Å²) in [6, 6.07) is 18.4. The van der Waals surface area contributed by atoms with Gasteiger partial charge in [-0.25, -0.2) is 0 Å². The molecule has 0 aliphatic rings. The van der Waals surface area contributed by atoms with Crippen LogP contribution in [-0.2, 0) is 6.61 Å². The van der Waals surface area contributed by atoms with Gasteiger partial charge in [-0.3, -0.25) is 14.9 Å². The number of nitrogens with zero attached hydrogens (tertiary/aromatic N) is 1. The molecule has 0 aromatic heterocycles. The van der Waals surface area contributed by atoms with Gasteiger partial charge in [0.25, 0.3) is 5.69 Å². The van der Waals surface area contributed by atoms with E-state index < -0.39 is 4.92 Å². The molecule has 0 bridgehead atoms. The maximum absolute atomic E-state index is 12.5. The number of hydrogen-bond donors (Lipinski definition) is 0. The Labute approximate surface area is 179 Å². The molecule has 0 unspecified atom stereocenters. The summed E-state index contributed by atoms with van der Waals surface area (Å²) in [6.07, 6.45) is 3.20. The van der Waals surface area contributed by atoms with Crippen LogP contribution in [-0.4, -0.2) is 24.9 Å². The zero-order valence-corrected chi connectivity index (χ0v) is 17.1. The molecule has 0 amide bonds. The van der Waals surface area contributed by atoms with Crippen LogP contribution in [0.2, 0.25) is 0 Å². The first-order chi connectivity index (χ1) is 15.0. The van der Waals surface area contributed by atoms with Gasteiger partial charge in [0.2, 0.25) is 0 Å². The minimum atomic E-state index is -0.463. The van der Waals surface area contributed by atoms with Crippen LogP contribution in [0, 0.1) is 10.1 Å². The Morgan fingerprint density at radius 1 is 0.968 bits per heavy atom. The van der Waals surface area contributed by atoms with Crippen LogP contribution < -0.4 is 14.2 Å². The molecule has 0 saturated carbocycles. The van der Waals surface area contributed by atoms with Gasteiger partial charge in [-0.1, -0.05) is 24.3 Å². The second kappa shape index (κ2) is 10.1. The van der Waals surface area contributed by atoms with Crippen LogP contribution in [0.25, 0.3) is 6.08 Å². The number of ketones is 1. The molecule has 0 fully saturated rings. The summed E-state index contributed by atoms with van der Waals surface area (Å²) in [6.45, 7) is 0.198. The van der Waals surface area contributed by atoms with Crippen molar-refractivity contribution in [3.05, 3.63) is 99.6 Å². The Morgan fingerprint density at radius 3 is 2.35 bits per heavy atom. The first-order valence-corrected chi connectivity index (χ1v) is 9.41. The highest BCUT2D eigenvalue weighted by molar-refractivity contribution is 6.08. The van der Waals surface area contributed by atoms with Crippen molar-refractivity contribution < 1.29 is 23.9 Å². The van der Waals surface area contributed by atoms with Crippen molar-refractivity contribution in [2.75, 3.05) is 14.2 Å². The van der Waals surface area contributed by atoms with Gasteiger partial charge in [-0.15, -0.1) is 0 Å². The van der Waals surface area contributed by atoms with E-state index in [4.69, 9.17) is 14.2 Å². The summed E-state index contributed by atoms with van der Waals surface area (Å²) in [5.41, 5.74) is 2.05. The molecule has 3 rings (SSSR count). The number of ether oxygens (including phenoxy) is 3. The molecule has 7 nitrogen and oxygen atoms in total. The topological polar surface area (TPSA) is 87.9 Å². The van der Waals surface area contributed by atoms with Crippen molar-refractivity contribution in [2.24, 2.45) is 0 Å². The highest BCUT2D eigenvalue weighted by atomic mass is 16.6. The summed E-state index contributed by atoms with van der Waals surface area (Å²) in [5, 5.41) is 10.8. The SMILES string of the molecule is COc1ccc(/C=C/C(=O)c2ccccc2OC)cc1COc1ccc([N+](=O)[O-])cc1. The minimum absolute atomic E-state index is 0.00298. The number of nitro groups is 1. The lowest BCUT2D eigenvalue weighted by Crippen LogP contribution is -2.00. The number of carbonyl (C=O) groups excluding carboxylic acids is 1. The van der Waals surface area contributed by atoms with Gasteiger partial charge < -0.3 is 14.2 Å². The van der Waals surface area contributed by atoms with E-state index in [0.717, 1.165) is 11.1 Å². The van der Waals surface area contributed by atoms with Gasteiger partial charge >= 0.3 is 0 Å². The first-order valence-electron chi connectivity index (χ1n) is 9.41. The van der Waals surface area contributed by atoms with E-state index in [2.05, 4.69) is 0 Å². The summed E-state index contributed by atoms with van der Waals surface area (Å²) in [4.78, 5) is 22.8. The highest BCUT2D eigenvalue weighted by Crippen LogP contribution is 2.25. The predicted octanol–water partition coefficient (Wildman–Crippen LogP) is 5.09. The molecule has 158 valence electrons. The van der Waals surface area contributed by atoms with E-state index in [1.807, 2.05) is 12.1 Å². The van der Waals surface area contributed by atoms with Gasteiger partial charge in [-0.05, 0) is 48.0 Å². The molecule has 0 radical (unpaired) electrons. The summed E-state index contributed by atoms with van der Waals surface area (Å²) in [7, 11) is 3.09. The van der Waals surface area contributed by atoms with Gasteiger partial charge in [0.1, 0.15) is 23.9 Å². The number of benzene rings is 3. The monoisotopic (exact) mass is 419 g/mol. The molecule has 3 aromatic carbocycles. The van der Waals surface area contributed by atoms with Gasteiger partial charge in [0.15, 0.2) is 5.78 Å². The number of non-ortho nitro benzene ring substituents is 1. The molecule has 31 heavy (non-hydrogen) atoms. The quantitative estimate of drug-likeness (QED) is 0.208.